The van der Waals surface area contributed by atoms with Crippen molar-refractivity contribution in [2.24, 2.45) is 0 Å². The topological polar surface area (TPSA) is 111 Å². The van der Waals surface area contributed by atoms with Crippen LogP contribution >= 0.6 is 0 Å². The molecule has 2 aromatic rings. The van der Waals surface area contributed by atoms with E-state index >= 15 is 0 Å². The van der Waals surface area contributed by atoms with E-state index in [1.807, 2.05) is 26.0 Å². The van der Waals surface area contributed by atoms with E-state index in [0.717, 1.165) is 29.7 Å². The number of carbonyl (C=O) groups excluding carboxylic acids is 1. The van der Waals surface area contributed by atoms with Gasteiger partial charge in [0.1, 0.15) is 17.0 Å². The first kappa shape index (κ1) is 20.5. The molecule has 2 aliphatic heterocycles. The monoisotopic (exact) mass is 432 g/mol. The van der Waals surface area contributed by atoms with Gasteiger partial charge in [-0.2, -0.15) is 0 Å². The Kier molecular flexibility index (Phi) is 5.15. The van der Waals surface area contributed by atoms with E-state index in [1.54, 1.807) is 0 Å². The first-order chi connectivity index (χ1) is 14.1. The van der Waals surface area contributed by atoms with Gasteiger partial charge in [-0.05, 0) is 26.0 Å². The molecule has 1 amide bonds. The summed E-state index contributed by atoms with van der Waals surface area (Å²) in [4.78, 5) is 22.7. The summed E-state index contributed by atoms with van der Waals surface area (Å²) in [6.45, 7) is 6.62. The number of morpholine rings is 1. The second kappa shape index (κ2) is 7.51. The van der Waals surface area contributed by atoms with Crippen molar-refractivity contribution >= 4 is 27.1 Å². The van der Waals surface area contributed by atoms with Gasteiger partial charge in [0.15, 0.2) is 0 Å². The summed E-state index contributed by atoms with van der Waals surface area (Å²) in [5.74, 6) is 0.302. The van der Waals surface area contributed by atoms with Crippen molar-refractivity contribution in [3.63, 3.8) is 0 Å². The number of nitrogens with zero attached hydrogens (tertiary/aromatic N) is 3. The first-order valence-electron chi connectivity index (χ1n) is 9.65. The van der Waals surface area contributed by atoms with E-state index in [-0.39, 0.29) is 16.5 Å². The molecule has 4 rings (SSSR count). The lowest BCUT2D eigenvalue weighted by Gasteiger charge is -2.31. The Labute approximate surface area is 175 Å². The third-order valence-corrected chi connectivity index (χ3v) is 5.84. The molecule has 30 heavy (non-hydrogen) atoms. The zero-order chi connectivity index (χ0) is 21.5. The normalized spacial score (nSPS) is 17.9. The van der Waals surface area contributed by atoms with Gasteiger partial charge in [-0.25, -0.2) is 18.4 Å². The Morgan fingerprint density at radius 3 is 2.67 bits per heavy atom. The standard InChI is InChI=1S/C20H24N4O5S/c1-20(2)12-13-10-15(16(11-17(13)29-20)24-6-8-28-9-7-24)22-18(25)14-4-5-21-19(23-14)30(3,26)27/h4-5,10-11H,6-9,12H2,1-3H3,(H,22,25). The van der Waals surface area contributed by atoms with Gasteiger partial charge < -0.3 is 19.7 Å². The Hall–Kier alpha value is -2.72. The fraction of sp³-hybridized carbons (Fsp3) is 0.450. The Morgan fingerprint density at radius 2 is 1.97 bits per heavy atom. The van der Waals surface area contributed by atoms with Gasteiger partial charge in [0, 0.05) is 43.6 Å². The highest BCUT2D eigenvalue weighted by Gasteiger charge is 2.32. The summed E-state index contributed by atoms with van der Waals surface area (Å²) in [5.41, 5.74) is 2.13. The number of fused-ring (bicyclic) bond motifs is 1. The number of hydrogen-bond acceptors (Lipinski definition) is 8. The van der Waals surface area contributed by atoms with E-state index in [0.29, 0.717) is 32.0 Å². The van der Waals surface area contributed by atoms with Crippen molar-refractivity contribution in [2.45, 2.75) is 31.0 Å². The predicted molar refractivity (Wildman–Crippen MR) is 111 cm³/mol. The lowest BCUT2D eigenvalue weighted by Crippen LogP contribution is -2.36. The van der Waals surface area contributed by atoms with Crippen LogP contribution in [0.15, 0.2) is 29.6 Å². The minimum absolute atomic E-state index is 0.0181. The number of sulfone groups is 1. The number of aromatic nitrogens is 2. The van der Waals surface area contributed by atoms with Gasteiger partial charge in [-0.15, -0.1) is 0 Å². The zero-order valence-corrected chi connectivity index (χ0v) is 18.0. The molecule has 0 saturated carbocycles. The Morgan fingerprint density at radius 1 is 1.23 bits per heavy atom. The van der Waals surface area contributed by atoms with Crippen LogP contribution in [0.4, 0.5) is 11.4 Å². The number of hydrogen-bond donors (Lipinski definition) is 1. The summed E-state index contributed by atoms with van der Waals surface area (Å²) in [6, 6.07) is 5.26. The number of amides is 1. The molecule has 0 atom stereocenters. The molecule has 10 heteroatoms. The van der Waals surface area contributed by atoms with Crippen molar-refractivity contribution in [2.75, 3.05) is 42.8 Å². The van der Waals surface area contributed by atoms with E-state index in [2.05, 4.69) is 20.2 Å². The molecule has 1 N–H and O–H groups in total. The summed E-state index contributed by atoms with van der Waals surface area (Å²) in [7, 11) is -3.62. The largest absolute Gasteiger partial charge is 0.487 e. The van der Waals surface area contributed by atoms with Crippen LogP contribution in [0.1, 0.15) is 29.9 Å². The first-order valence-corrected chi connectivity index (χ1v) is 11.5. The second-order valence-electron chi connectivity index (χ2n) is 8.07. The maximum atomic E-state index is 12.9. The van der Waals surface area contributed by atoms with Crippen LogP contribution in [-0.2, 0) is 21.0 Å². The molecule has 0 radical (unpaired) electrons. The molecule has 160 valence electrons. The lowest BCUT2D eigenvalue weighted by molar-refractivity contribution is 0.102. The minimum atomic E-state index is -3.62. The van der Waals surface area contributed by atoms with E-state index in [4.69, 9.17) is 9.47 Å². The highest BCUT2D eigenvalue weighted by Crippen LogP contribution is 2.41. The van der Waals surface area contributed by atoms with Gasteiger partial charge in [0.2, 0.25) is 15.0 Å². The maximum absolute atomic E-state index is 12.9. The smallest absolute Gasteiger partial charge is 0.274 e. The van der Waals surface area contributed by atoms with E-state index in [9.17, 15) is 13.2 Å². The minimum Gasteiger partial charge on any atom is -0.487 e. The number of nitrogens with one attached hydrogen (secondary N) is 1. The fourth-order valence-electron chi connectivity index (χ4n) is 3.64. The zero-order valence-electron chi connectivity index (χ0n) is 17.1. The molecule has 2 aliphatic rings. The molecular weight excluding hydrogens is 408 g/mol. The van der Waals surface area contributed by atoms with Gasteiger partial charge in [0.25, 0.3) is 5.91 Å². The summed E-state index contributed by atoms with van der Waals surface area (Å²) in [6.07, 6.45) is 2.99. The SMILES string of the molecule is CC1(C)Cc2cc(NC(=O)c3ccnc(S(C)(=O)=O)n3)c(N3CCOCC3)cc2O1. The Bertz CT molecular complexity index is 1090. The number of benzene rings is 1. The van der Waals surface area contributed by atoms with Gasteiger partial charge in [-0.3, -0.25) is 4.79 Å². The molecule has 0 aliphatic carbocycles. The van der Waals surface area contributed by atoms with Gasteiger partial charge >= 0.3 is 0 Å². The number of ether oxygens (including phenoxy) is 2. The molecule has 0 bridgehead atoms. The van der Waals surface area contributed by atoms with Crippen LogP contribution in [0.5, 0.6) is 5.75 Å². The third-order valence-electron chi connectivity index (χ3n) is 4.98. The molecule has 1 aromatic carbocycles. The summed E-state index contributed by atoms with van der Waals surface area (Å²) < 4.78 is 35.0. The molecule has 0 spiro atoms. The summed E-state index contributed by atoms with van der Waals surface area (Å²) >= 11 is 0. The number of anilines is 2. The lowest BCUT2D eigenvalue weighted by atomic mass is 10.0. The van der Waals surface area contributed by atoms with Crippen LogP contribution in [0.25, 0.3) is 0 Å². The molecule has 1 fully saturated rings. The van der Waals surface area contributed by atoms with Crippen LogP contribution in [0.3, 0.4) is 0 Å². The quantitative estimate of drug-likeness (QED) is 0.727. The molecule has 1 saturated heterocycles. The van der Waals surface area contributed by atoms with Crippen molar-refractivity contribution in [1.29, 1.82) is 0 Å². The van der Waals surface area contributed by atoms with Crippen LogP contribution < -0.4 is 15.0 Å². The molecular formula is C20H24N4O5S. The molecule has 0 unspecified atom stereocenters. The molecule has 9 nitrogen and oxygen atoms in total. The fourth-order valence-corrected chi connectivity index (χ4v) is 4.15. The third kappa shape index (κ3) is 4.24. The van der Waals surface area contributed by atoms with Crippen LogP contribution in [-0.4, -0.2) is 62.5 Å². The van der Waals surface area contributed by atoms with Crippen molar-refractivity contribution in [1.82, 2.24) is 9.97 Å². The van der Waals surface area contributed by atoms with E-state index in [1.165, 1.54) is 12.3 Å². The van der Waals surface area contributed by atoms with Crippen molar-refractivity contribution in [3.8, 4) is 5.75 Å². The van der Waals surface area contributed by atoms with Crippen molar-refractivity contribution < 1.29 is 22.7 Å². The van der Waals surface area contributed by atoms with Gasteiger partial charge in [0.05, 0.1) is 24.6 Å². The molecule has 1 aromatic heterocycles. The predicted octanol–water partition coefficient (Wildman–Crippen LogP) is 1.68. The second-order valence-corrected chi connectivity index (χ2v) is 9.98. The van der Waals surface area contributed by atoms with Crippen LogP contribution in [0.2, 0.25) is 0 Å². The highest BCUT2D eigenvalue weighted by molar-refractivity contribution is 7.90. The van der Waals surface area contributed by atoms with Gasteiger partial charge in [-0.1, -0.05) is 0 Å². The average Bonchev–Trinajstić information content (AvgIpc) is 3.00. The van der Waals surface area contributed by atoms with Crippen LogP contribution in [0, 0.1) is 0 Å². The highest BCUT2D eigenvalue weighted by atomic mass is 32.2. The number of carbonyl (C=O) groups is 1. The number of rotatable bonds is 4. The Balaban J connectivity index is 1.68. The average molecular weight is 433 g/mol. The maximum Gasteiger partial charge on any atom is 0.274 e. The van der Waals surface area contributed by atoms with E-state index < -0.39 is 15.7 Å². The summed E-state index contributed by atoms with van der Waals surface area (Å²) in [5, 5.41) is 2.52. The van der Waals surface area contributed by atoms with Crippen molar-refractivity contribution in [3.05, 3.63) is 35.7 Å². The molecule has 3 heterocycles.